The predicted molar refractivity (Wildman–Crippen MR) is 74.6 cm³/mol. The summed E-state index contributed by atoms with van der Waals surface area (Å²) in [6, 6.07) is 9.27. The van der Waals surface area contributed by atoms with Gasteiger partial charge in [-0.05, 0) is 31.4 Å². The van der Waals surface area contributed by atoms with Crippen LogP contribution in [0.25, 0.3) is 0 Å². The maximum absolute atomic E-state index is 11.9. The average Bonchev–Trinajstić information content (AvgIpc) is 3.15. The van der Waals surface area contributed by atoms with Gasteiger partial charge in [-0.2, -0.15) is 0 Å². The third-order valence-corrected chi connectivity index (χ3v) is 4.93. The zero-order valence-electron chi connectivity index (χ0n) is 11.5. The van der Waals surface area contributed by atoms with Crippen molar-refractivity contribution in [1.82, 2.24) is 0 Å². The summed E-state index contributed by atoms with van der Waals surface area (Å²) >= 11 is 0. The summed E-state index contributed by atoms with van der Waals surface area (Å²) in [5, 5.41) is 0. The highest BCUT2D eigenvalue weighted by molar-refractivity contribution is 5.89. The molecule has 2 aliphatic carbocycles. The van der Waals surface area contributed by atoms with Crippen LogP contribution in [0, 0.1) is 17.3 Å². The monoisotopic (exact) mass is 257 g/mol. The zero-order chi connectivity index (χ0) is 13.3. The quantitative estimate of drug-likeness (QED) is 0.604. The second-order valence-electron chi connectivity index (χ2n) is 6.01. The van der Waals surface area contributed by atoms with Gasteiger partial charge < -0.3 is 4.74 Å². The van der Waals surface area contributed by atoms with E-state index in [1.165, 1.54) is 32.1 Å². The Labute approximate surface area is 115 Å². The first-order valence-corrected chi connectivity index (χ1v) is 7.27. The van der Waals surface area contributed by atoms with Crippen molar-refractivity contribution in [3.05, 3.63) is 41.8 Å². The lowest BCUT2D eigenvalue weighted by Crippen LogP contribution is -2.20. The molecule has 0 radical (unpaired) electrons. The van der Waals surface area contributed by atoms with Gasteiger partial charge in [0.15, 0.2) is 0 Å². The van der Waals surface area contributed by atoms with Gasteiger partial charge in [0.1, 0.15) is 5.41 Å². The van der Waals surface area contributed by atoms with Gasteiger partial charge in [-0.1, -0.05) is 18.2 Å². The molecule has 100 valence electrons. The molecule has 2 saturated carbocycles. The lowest BCUT2D eigenvalue weighted by Gasteiger charge is -2.20. The Morgan fingerprint density at radius 2 is 2.16 bits per heavy atom. The fraction of sp³-hybridized carbons (Fsp3) is 0.529. The smallest absolute Gasteiger partial charge is 0.338 e. The summed E-state index contributed by atoms with van der Waals surface area (Å²) in [4.78, 5) is 11.9. The van der Waals surface area contributed by atoms with E-state index in [0.717, 1.165) is 0 Å². The highest BCUT2D eigenvalue weighted by Gasteiger charge is 2.66. The Morgan fingerprint density at radius 3 is 2.89 bits per heavy atom. The highest BCUT2D eigenvalue weighted by atomic mass is 16.5. The van der Waals surface area contributed by atoms with Crippen LogP contribution in [0.5, 0.6) is 0 Å². The van der Waals surface area contributed by atoms with Crippen molar-refractivity contribution in [1.29, 1.82) is 0 Å². The lowest BCUT2D eigenvalue weighted by atomic mass is 9.76. The van der Waals surface area contributed by atoms with Crippen LogP contribution in [0.2, 0.25) is 0 Å². The molecule has 1 spiro atoms. The Hall–Kier alpha value is -1.44. The fourth-order valence-corrected chi connectivity index (χ4v) is 3.55. The number of esters is 1. The molecule has 0 N–H and O–H groups in total. The first kappa shape index (κ1) is 12.6. The van der Waals surface area contributed by atoms with E-state index in [-0.39, 0.29) is 5.97 Å². The van der Waals surface area contributed by atoms with Gasteiger partial charge in [0, 0.05) is 12.3 Å². The first-order valence-electron chi connectivity index (χ1n) is 7.27. The molecule has 1 aromatic rings. The van der Waals surface area contributed by atoms with E-state index in [1.54, 1.807) is 5.92 Å². The number of benzene rings is 1. The second-order valence-corrected chi connectivity index (χ2v) is 6.01. The van der Waals surface area contributed by atoms with Crippen molar-refractivity contribution in [2.45, 2.75) is 39.0 Å². The van der Waals surface area contributed by atoms with Gasteiger partial charge in [0.05, 0.1) is 31.4 Å². The fourth-order valence-electron chi connectivity index (χ4n) is 3.55. The molecule has 2 aliphatic rings. The lowest BCUT2D eigenvalue weighted by molar-refractivity contribution is 0.0466. The summed E-state index contributed by atoms with van der Waals surface area (Å²) in [6.45, 7) is 2.88. The Bertz CT molecular complexity index is 454. The Balaban J connectivity index is 1.53. The third-order valence-electron chi connectivity index (χ3n) is 4.93. The number of hydrogen-bond donors (Lipinski definition) is 0. The van der Waals surface area contributed by atoms with Gasteiger partial charge in [-0.25, -0.2) is 4.79 Å². The molecule has 2 nitrogen and oxygen atoms in total. The largest absolute Gasteiger partial charge is 0.462 e. The van der Waals surface area contributed by atoms with Crippen molar-refractivity contribution in [3.63, 3.8) is 0 Å². The number of carbonyl (C=O) groups excluding carboxylic acids is 1. The molecular formula is C17H21O2+. The molecule has 2 heteroatoms. The van der Waals surface area contributed by atoms with Crippen molar-refractivity contribution in [2.24, 2.45) is 11.3 Å². The first-order chi connectivity index (χ1) is 9.22. The van der Waals surface area contributed by atoms with E-state index in [9.17, 15) is 4.79 Å². The van der Waals surface area contributed by atoms with E-state index in [2.05, 4.69) is 6.92 Å². The number of ether oxygens (including phenoxy) is 1. The normalized spacial score (nSPS) is 29.3. The van der Waals surface area contributed by atoms with Crippen LogP contribution >= 0.6 is 0 Å². The molecule has 0 saturated heterocycles. The molecular weight excluding hydrogens is 236 g/mol. The minimum absolute atomic E-state index is 0.184. The van der Waals surface area contributed by atoms with Crippen LogP contribution in [-0.4, -0.2) is 12.6 Å². The van der Waals surface area contributed by atoms with Crippen molar-refractivity contribution in [3.8, 4) is 0 Å². The summed E-state index contributed by atoms with van der Waals surface area (Å²) in [6.07, 6.45) is 6.46. The molecule has 19 heavy (non-hydrogen) atoms. The van der Waals surface area contributed by atoms with E-state index < -0.39 is 0 Å². The molecule has 0 unspecified atom stereocenters. The van der Waals surface area contributed by atoms with Gasteiger partial charge in [-0.15, -0.1) is 0 Å². The minimum atomic E-state index is -0.184. The molecule has 2 atom stereocenters. The third kappa shape index (κ3) is 2.36. The number of hydrogen-bond acceptors (Lipinski definition) is 2. The zero-order valence-corrected chi connectivity index (χ0v) is 11.5. The SMILES string of the molecule is C[C+]1CCCC[C@]12C[C@H]2COC(=O)c1ccccc1. The van der Waals surface area contributed by atoms with Crippen LogP contribution in [0.1, 0.15) is 49.4 Å². The molecule has 0 aromatic heterocycles. The van der Waals surface area contributed by atoms with Gasteiger partial charge >= 0.3 is 5.97 Å². The van der Waals surface area contributed by atoms with Crippen LogP contribution in [0.15, 0.2) is 30.3 Å². The molecule has 1 aromatic carbocycles. The van der Waals surface area contributed by atoms with E-state index in [0.29, 0.717) is 23.5 Å². The van der Waals surface area contributed by atoms with Gasteiger partial charge in [-0.3, -0.25) is 0 Å². The Kier molecular flexibility index (Phi) is 3.26. The molecule has 0 heterocycles. The van der Waals surface area contributed by atoms with Crippen molar-refractivity contribution >= 4 is 5.97 Å². The Morgan fingerprint density at radius 1 is 1.37 bits per heavy atom. The van der Waals surface area contributed by atoms with E-state index in [1.807, 2.05) is 30.3 Å². The van der Waals surface area contributed by atoms with Crippen LogP contribution < -0.4 is 0 Å². The van der Waals surface area contributed by atoms with Crippen LogP contribution in [0.3, 0.4) is 0 Å². The highest BCUT2D eigenvalue weighted by Crippen LogP contribution is 2.65. The van der Waals surface area contributed by atoms with Crippen molar-refractivity contribution < 1.29 is 9.53 Å². The van der Waals surface area contributed by atoms with E-state index in [4.69, 9.17) is 4.74 Å². The topological polar surface area (TPSA) is 26.3 Å². The standard InChI is InChI=1S/C17H21O2/c1-13-7-5-6-10-17(13)11-15(17)12-19-16(18)14-8-3-2-4-9-14/h2-4,8-9,15H,5-7,10-12H2,1H3/q+1/t15-,17-/m0/s1. The molecule has 0 bridgehead atoms. The summed E-state index contributed by atoms with van der Waals surface area (Å²) in [7, 11) is 0. The van der Waals surface area contributed by atoms with E-state index >= 15 is 0 Å². The molecule has 0 aliphatic heterocycles. The van der Waals surface area contributed by atoms with Gasteiger partial charge in [0.25, 0.3) is 0 Å². The minimum Gasteiger partial charge on any atom is -0.462 e. The maximum atomic E-state index is 11.9. The summed E-state index contributed by atoms with van der Waals surface area (Å²) in [5.74, 6) is 2.02. The number of carbonyl (C=O) groups is 1. The number of rotatable bonds is 3. The van der Waals surface area contributed by atoms with Crippen LogP contribution in [-0.2, 0) is 4.74 Å². The molecule has 2 fully saturated rings. The summed E-state index contributed by atoms with van der Waals surface area (Å²) < 4.78 is 5.48. The van der Waals surface area contributed by atoms with Crippen LogP contribution in [0.4, 0.5) is 0 Å². The predicted octanol–water partition coefficient (Wildman–Crippen LogP) is 4.02. The van der Waals surface area contributed by atoms with Crippen molar-refractivity contribution in [2.75, 3.05) is 6.61 Å². The average molecular weight is 257 g/mol. The molecule has 0 amide bonds. The second kappa shape index (κ2) is 4.92. The maximum Gasteiger partial charge on any atom is 0.338 e. The molecule has 3 rings (SSSR count). The summed E-state index contributed by atoms with van der Waals surface area (Å²) in [5.41, 5.74) is 1.08. The van der Waals surface area contributed by atoms with Gasteiger partial charge in [0.2, 0.25) is 0 Å².